The molecule has 1 aliphatic rings. The molecule has 2 heteroatoms. The van der Waals surface area contributed by atoms with Gasteiger partial charge in [-0.1, -0.05) is 272 Å². The molecule has 0 aromatic carbocycles. The van der Waals surface area contributed by atoms with Gasteiger partial charge in [-0.3, -0.25) is 0 Å². The van der Waals surface area contributed by atoms with E-state index >= 15 is 0 Å². The minimum Gasteiger partial charge on any atom is -0.472 e. The zero-order valence-corrected chi connectivity index (χ0v) is 39.2. The van der Waals surface area contributed by atoms with Crippen LogP contribution in [0.15, 0.2) is 4.99 Å². The second-order valence-electron chi connectivity index (χ2n) is 18.8. The highest BCUT2D eigenvalue weighted by Gasteiger charge is 2.56. The summed E-state index contributed by atoms with van der Waals surface area (Å²) in [5.74, 6) is 1.18. The van der Waals surface area contributed by atoms with Gasteiger partial charge in [-0.25, -0.2) is 4.99 Å². The van der Waals surface area contributed by atoms with E-state index in [2.05, 4.69) is 34.6 Å². The standard InChI is InChI=1S/C53H105NO/c1-6-11-16-21-26-31-36-41-46-51-54-52(47-42-37-32-27-22-17-12-7-2,48-43-38-33-28-23-18-13-8-3)53(55-51,49-44-39-34-29-24-19-14-9-4)50-45-40-35-30-25-20-15-10-5/h6-50H2,1-5H3. The molecule has 1 heterocycles. The summed E-state index contributed by atoms with van der Waals surface area (Å²) in [6, 6.07) is 0. The zero-order valence-electron chi connectivity index (χ0n) is 39.2. The Bertz CT molecular complexity index is 762. The molecule has 0 aromatic rings. The third kappa shape index (κ3) is 27.0. The van der Waals surface area contributed by atoms with Gasteiger partial charge in [0, 0.05) is 6.42 Å². The second-order valence-corrected chi connectivity index (χ2v) is 18.8. The number of nitrogens with zero attached hydrogens (tertiary/aromatic N) is 1. The lowest BCUT2D eigenvalue weighted by Crippen LogP contribution is -2.51. The van der Waals surface area contributed by atoms with Crippen molar-refractivity contribution >= 4 is 5.90 Å². The van der Waals surface area contributed by atoms with Crippen LogP contribution < -0.4 is 0 Å². The van der Waals surface area contributed by atoms with Crippen molar-refractivity contribution in [1.82, 2.24) is 0 Å². The Morgan fingerprint density at radius 1 is 0.291 bits per heavy atom. The maximum Gasteiger partial charge on any atom is 0.184 e. The van der Waals surface area contributed by atoms with E-state index in [1.54, 1.807) is 0 Å². The average molecular weight is 772 g/mol. The van der Waals surface area contributed by atoms with Crippen LogP contribution in [0.5, 0.6) is 0 Å². The molecule has 0 fully saturated rings. The predicted molar refractivity (Wildman–Crippen MR) is 250 cm³/mol. The third-order valence-electron chi connectivity index (χ3n) is 13.5. The van der Waals surface area contributed by atoms with Gasteiger partial charge in [-0.2, -0.15) is 0 Å². The van der Waals surface area contributed by atoms with Crippen molar-refractivity contribution in [2.24, 2.45) is 4.99 Å². The highest BCUT2D eigenvalue weighted by atomic mass is 16.5. The lowest BCUT2D eigenvalue weighted by atomic mass is 9.68. The molecule has 0 saturated carbocycles. The zero-order chi connectivity index (χ0) is 39.8. The first-order valence-corrected chi connectivity index (χ1v) is 26.4. The number of aliphatic imine (C=N–C) groups is 1. The summed E-state index contributed by atoms with van der Waals surface area (Å²) < 4.78 is 7.54. The molecule has 0 aromatic heterocycles. The molecular weight excluding hydrogens is 667 g/mol. The summed E-state index contributed by atoms with van der Waals surface area (Å²) in [6.07, 6.45) is 61.9. The van der Waals surface area contributed by atoms with Gasteiger partial charge in [-0.15, -0.1) is 0 Å². The number of unbranched alkanes of at least 4 members (excludes halogenated alkanes) is 35. The van der Waals surface area contributed by atoms with E-state index in [1.165, 1.54) is 288 Å². The van der Waals surface area contributed by atoms with Gasteiger partial charge in [0.25, 0.3) is 0 Å². The Hall–Kier alpha value is -0.530. The molecule has 0 amide bonds. The lowest BCUT2D eigenvalue weighted by molar-refractivity contribution is -0.0236. The number of ether oxygens (including phenoxy) is 1. The Morgan fingerprint density at radius 2 is 0.527 bits per heavy atom. The first-order chi connectivity index (χ1) is 27.1. The minimum atomic E-state index is -0.0604. The van der Waals surface area contributed by atoms with Crippen LogP contribution in [0.2, 0.25) is 0 Å². The van der Waals surface area contributed by atoms with Crippen LogP contribution in [0, 0.1) is 0 Å². The van der Waals surface area contributed by atoms with Crippen LogP contribution in [-0.4, -0.2) is 17.0 Å². The van der Waals surface area contributed by atoms with Gasteiger partial charge in [-0.05, 0) is 44.9 Å². The van der Waals surface area contributed by atoms with Gasteiger partial charge in [0.1, 0.15) is 11.1 Å². The Balaban J connectivity index is 3.18. The van der Waals surface area contributed by atoms with Crippen molar-refractivity contribution in [3.8, 4) is 0 Å². The third-order valence-corrected chi connectivity index (χ3v) is 13.5. The Labute approximate surface area is 349 Å². The molecule has 0 atom stereocenters. The first-order valence-electron chi connectivity index (χ1n) is 26.4. The summed E-state index contributed by atoms with van der Waals surface area (Å²) in [4.78, 5) is 5.94. The van der Waals surface area contributed by atoms with Crippen molar-refractivity contribution < 1.29 is 4.74 Å². The number of hydrogen-bond acceptors (Lipinski definition) is 2. The van der Waals surface area contributed by atoms with Crippen molar-refractivity contribution in [2.45, 2.75) is 335 Å². The van der Waals surface area contributed by atoms with E-state index in [1.807, 2.05) is 0 Å². The summed E-state index contributed by atoms with van der Waals surface area (Å²) >= 11 is 0. The molecule has 328 valence electrons. The largest absolute Gasteiger partial charge is 0.472 e. The fourth-order valence-corrected chi connectivity index (χ4v) is 9.78. The Kier molecular flexibility index (Phi) is 37.2. The number of hydrogen-bond donors (Lipinski definition) is 0. The monoisotopic (exact) mass is 772 g/mol. The first kappa shape index (κ1) is 52.5. The minimum absolute atomic E-state index is 0.00909. The van der Waals surface area contributed by atoms with Crippen LogP contribution in [0.3, 0.4) is 0 Å². The van der Waals surface area contributed by atoms with Crippen molar-refractivity contribution in [3.05, 3.63) is 0 Å². The molecule has 0 radical (unpaired) electrons. The topological polar surface area (TPSA) is 21.6 Å². The van der Waals surface area contributed by atoms with Gasteiger partial charge in [0.05, 0.1) is 0 Å². The van der Waals surface area contributed by atoms with E-state index < -0.39 is 0 Å². The summed E-state index contributed by atoms with van der Waals surface area (Å²) in [6.45, 7) is 11.7. The van der Waals surface area contributed by atoms with E-state index in [-0.39, 0.29) is 11.1 Å². The summed E-state index contributed by atoms with van der Waals surface area (Å²) in [5.41, 5.74) is -0.0513. The second kappa shape index (κ2) is 39.0. The fourth-order valence-electron chi connectivity index (χ4n) is 9.78. The molecular formula is C53H105NO. The molecule has 55 heavy (non-hydrogen) atoms. The molecule has 0 unspecified atom stereocenters. The highest BCUT2D eigenvalue weighted by Crippen LogP contribution is 2.50. The van der Waals surface area contributed by atoms with Crippen molar-refractivity contribution in [2.75, 3.05) is 0 Å². The van der Waals surface area contributed by atoms with Gasteiger partial charge in [0.15, 0.2) is 5.90 Å². The van der Waals surface area contributed by atoms with E-state index in [4.69, 9.17) is 9.73 Å². The quantitative estimate of drug-likeness (QED) is 0.0565. The maximum atomic E-state index is 7.54. The van der Waals surface area contributed by atoms with Crippen molar-refractivity contribution in [1.29, 1.82) is 0 Å². The highest BCUT2D eigenvalue weighted by molar-refractivity contribution is 5.79. The molecule has 2 nitrogen and oxygen atoms in total. The van der Waals surface area contributed by atoms with Crippen LogP contribution in [0.25, 0.3) is 0 Å². The lowest BCUT2D eigenvalue weighted by Gasteiger charge is -2.44. The maximum absolute atomic E-state index is 7.54. The predicted octanol–water partition coefficient (Wildman–Crippen LogP) is 19.5. The van der Waals surface area contributed by atoms with Crippen molar-refractivity contribution in [3.63, 3.8) is 0 Å². The SMILES string of the molecule is CCCCCCCCCCC1=NC(CCCCCCCCCC)(CCCCCCCCCC)C(CCCCCCCCCC)(CCCCCCCCCC)O1. The van der Waals surface area contributed by atoms with E-state index in [0.717, 1.165) is 6.42 Å². The number of rotatable bonds is 45. The molecule has 1 aliphatic heterocycles. The molecule has 0 N–H and O–H groups in total. The normalized spacial score (nSPS) is 14.8. The van der Waals surface area contributed by atoms with Crippen LogP contribution >= 0.6 is 0 Å². The van der Waals surface area contributed by atoms with Crippen LogP contribution in [0.4, 0.5) is 0 Å². The van der Waals surface area contributed by atoms with Crippen LogP contribution in [0.1, 0.15) is 324 Å². The van der Waals surface area contributed by atoms with Gasteiger partial charge >= 0.3 is 0 Å². The summed E-state index contributed by atoms with van der Waals surface area (Å²) in [5, 5.41) is 0. The van der Waals surface area contributed by atoms with Crippen LogP contribution in [-0.2, 0) is 4.74 Å². The molecule has 1 rings (SSSR count). The molecule has 0 bridgehead atoms. The molecule has 0 spiro atoms. The smallest absolute Gasteiger partial charge is 0.184 e. The van der Waals surface area contributed by atoms with E-state index in [0.29, 0.717) is 0 Å². The van der Waals surface area contributed by atoms with Gasteiger partial charge in [0.2, 0.25) is 0 Å². The average Bonchev–Trinajstić information content (AvgIpc) is 3.49. The van der Waals surface area contributed by atoms with E-state index in [9.17, 15) is 0 Å². The van der Waals surface area contributed by atoms with Gasteiger partial charge < -0.3 is 4.74 Å². The summed E-state index contributed by atoms with van der Waals surface area (Å²) in [7, 11) is 0. The fraction of sp³-hybridized carbons (Fsp3) is 0.981. The molecule has 0 aliphatic carbocycles. The molecule has 0 saturated heterocycles. The Morgan fingerprint density at radius 3 is 0.818 bits per heavy atom.